The van der Waals surface area contributed by atoms with E-state index in [0.717, 1.165) is 0 Å². The molecular formula is C11H18. The van der Waals surface area contributed by atoms with Gasteiger partial charge in [0.25, 0.3) is 0 Å². The molecule has 0 amide bonds. The third-order valence-corrected chi connectivity index (χ3v) is 2.84. The van der Waals surface area contributed by atoms with Crippen LogP contribution in [0.2, 0.25) is 0 Å². The van der Waals surface area contributed by atoms with Crippen molar-refractivity contribution in [3.63, 3.8) is 0 Å². The molecule has 0 heteroatoms. The van der Waals surface area contributed by atoms with Gasteiger partial charge in [-0.3, -0.25) is 0 Å². The zero-order chi connectivity index (χ0) is 8.48. The van der Waals surface area contributed by atoms with E-state index >= 15 is 0 Å². The van der Waals surface area contributed by atoms with E-state index in [0.29, 0.717) is 11.3 Å². The van der Waals surface area contributed by atoms with Crippen LogP contribution in [0.4, 0.5) is 0 Å². The Morgan fingerprint density at radius 2 is 2.18 bits per heavy atom. The molecule has 1 rings (SSSR count). The lowest BCUT2D eigenvalue weighted by molar-refractivity contribution is 0.228. The zero-order valence-electron chi connectivity index (χ0n) is 7.69. The van der Waals surface area contributed by atoms with Crippen molar-refractivity contribution in [2.24, 2.45) is 11.3 Å². The highest BCUT2D eigenvalue weighted by atomic mass is 14.4. The number of rotatable bonds is 1. The van der Waals surface area contributed by atoms with Crippen molar-refractivity contribution in [1.82, 2.24) is 0 Å². The van der Waals surface area contributed by atoms with Gasteiger partial charge in [-0.2, -0.15) is 0 Å². The Kier molecular flexibility index (Phi) is 2.22. The molecule has 1 aliphatic carbocycles. The third-order valence-electron chi connectivity index (χ3n) is 2.84. The second-order valence-electron chi connectivity index (χ2n) is 4.21. The lowest BCUT2D eigenvalue weighted by atomic mass is 9.67. The monoisotopic (exact) mass is 150 g/mol. The predicted octanol–water partition coefficient (Wildman–Crippen LogP) is 3.55. The van der Waals surface area contributed by atoms with Gasteiger partial charge >= 0.3 is 0 Å². The van der Waals surface area contributed by atoms with Crippen LogP contribution < -0.4 is 0 Å². The van der Waals surface area contributed by atoms with Crippen LogP contribution in [-0.2, 0) is 0 Å². The van der Waals surface area contributed by atoms with Gasteiger partial charge in [0.2, 0.25) is 0 Å². The minimum absolute atomic E-state index is 0.400. The molecule has 0 bridgehead atoms. The van der Waals surface area contributed by atoms with E-state index in [2.05, 4.69) is 33.1 Å². The van der Waals surface area contributed by atoms with Crippen LogP contribution in [0.25, 0.3) is 0 Å². The molecule has 0 radical (unpaired) electrons. The van der Waals surface area contributed by atoms with Crippen LogP contribution in [0, 0.1) is 11.3 Å². The Hall–Kier alpha value is -0.520. The fourth-order valence-corrected chi connectivity index (χ4v) is 2.12. The topological polar surface area (TPSA) is 0 Å². The van der Waals surface area contributed by atoms with Gasteiger partial charge < -0.3 is 0 Å². The highest BCUT2D eigenvalue weighted by molar-refractivity contribution is 5.15. The van der Waals surface area contributed by atoms with Gasteiger partial charge in [-0.1, -0.05) is 32.1 Å². The molecule has 0 heterocycles. The van der Waals surface area contributed by atoms with Crippen molar-refractivity contribution < 1.29 is 0 Å². The summed E-state index contributed by atoms with van der Waals surface area (Å²) in [6, 6.07) is 0. The van der Waals surface area contributed by atoms with Crippen LogP contribution in [0.5, 0.6) is 0 Å². The van der Waals surface area contributed by atoms with Gasteiger partial charge in [0.15, 0.2) is 0 Å². The first-order valence-corrected chi connectivity index (χ1v) is 4.38. The second-order valence-corrected chi connectivity index (χ2v) is 4.21. The minimum Gasteiger partial charge on any atom is -0.102 e. The highest BCUT2D eigenvalue weighted by Gasteiger charge is 2.31. The summed E-state index contributed by atoms with van der Waals surface area (Å²) in [6.45, 7) is 12.6. The second kappa shape index (κ2) is 2.84. The summed E-state index contributed by atoms with van der Waals surface area (Å²) in [5.74, 6) is 0.538. The summed E-state index contributed by atoms with van der Waals surface area (Å²) in [5.41, 5.74) is 1.77. The molecule has 62 valence electrons. The van der Waals surface area contributed by atoms with Crippen LogP contribution in [-0.4, -0.2) is 0 Å². The van der Waals surface area contributed by atoms with E-state index in [1.54, 1.807) is 0 Å². The van der Waals surface area contributed by atoms with E-state index in [9.17, 15) is 0 Å². The van der Waals surface area contributed by atoms with Crippen molar-refractivity contribution in [3.8, 4) is 0 Å². The smallest absolute Gasteiger partial charge is 0.00226 e. The molecule has 0 nitrogen and oxygen atoms in total. The predicted molar refractivity (Wildman–Crippen MR) is 50.5 cm³/mol. The Morgan fingerprint density at radius 1 is 1.55 bits per heavy atom. The number of allylic oxidation sites excluding steroid dienone is 2. The largest absolute Gasteiger partial charge is 0.102 e. The molecule has 11 heavy (non-hydrogen) atoms. The van der Waals surface area contributed by atoms with Crippen LogP contribution in [0.3, 0.4) is 0 Å². The van der Waals surface area contributed by atoms with Gasteiger partial charge in [0, 0.05) is 5.92 Å². The quantitative estimate of drug-likeness (QED) is 0.501. The first-order chi connectivity index (χ1) is 5.08. The van der Waals surface area contributed by atoms with E-state index in [1.165, 1.54) is 24.8 Å². The molecular weight excluding hydrogens is 132 g/mol. The molecule has 0 aromatic rings. The fourth-order valence-electron chi connectivity index (χ4n) is 2.12. The van der Waals surface area contributed by atoms with Crippen LogP contribution in [0.1, 0.15) is 33.1 Å². The fraction of sp³-hybridized carbons (Fsp3) is 0.636. The van der Waals surface area contributed by atoms with Crippen molar-refractivity contribution in [2.75, 3.05) is 0 Å². The molecule has 0 aromatic carbocycles. The van der Waals surface area contributed by atoms with Crippen molar-refractivity contribution in [2.45, 2.75) is 33.1 Å². The van der Waals surface area contributed by atoms with E-state index in [-0.39, 0.29) is 0 Å². The van der Waals surface area contributed by atoms with Gasteiger partial charge in [-0.25, -0.2) is 0 Å². The Balaban J connectivity index is 2.80. The Labute approximate surface area is 70.0 Å². The Morgan fingerprint density at radius 3 is 2.55 bits per heavy atom. The highest BCUT2D eigenvalue weighted by Crippen LogP contribution is 2.43. The summed E-state index contributed by atoms with van der Waals surface area (Å²) in [5, 5.41) is 0. The normalized spacial score (nSPS) is 30.0. The maximum Gasteiger partial charge on any atom is 0.00226 e. The molecule has 0 N–H and O–H groups in total. The standard InChI is InChI=1S/C11H18/c1-5-10-9(2)7-6-8-11(10,3)4/h5,10H,1-2,6-8H2,3-4H3. The summed E-state index contributed by atoms with van der Waals surface area (Å²) >= 11 is 0. The lowest BCUT2D eigenvalue weighted by Gasteiger charge is -2.38. The average Bonchev–Trinajstić information content (AvgIpc) is 1.86. The van der Waals surface area contributed by atoms with Gasteiger partial charge in [-0.05, 0) is 24.7 Å². The van der Waals surface area contributed by atoms with E-state index < -0.39 is 0 Å². The molecule has 1 unspecified atom stereocenters. The molecule has 0 aromatic heterocycles. The molecule has 1 aliphatic rings. The van der Waals surface area contributed by atoms with Gasteiger partial charge in [0.1, 0.15) is 0 Å². The summed E-state index contributed by atoms with van der Waals surface area (Å²) < 4.78 is 0. The van der Waals surface area contributed by atoms with E-state index in [4.69, 9.17) is 0 Å². The van der Waals surface area contributed by atoms with Crippen LogP contribution >= 0.6 is 0 Å². The molecule has 0 aliphatic heterocycles. The molecule has 0 spiro atoms. The van der Waals surface area contributed by atoms with Crippen LogP contribution in [0.15, 0.2) is 24.8 Å². The molecule has 0 saturated heterocycles. The first-order valence-electron chi connectivity index (χ1n) is 4.38. The third kappa shape index (κ3) is 1.55. The minimum atomic E-state index is 0.400. The maximum absolute atomic E-state index is 4.09. The lowest BCUT2D eigenvalue weighted by Crippen LogP contribution is -2.27. The molecule has 1 atom stereocenters. The number of hydrogen-bond donors (Lipinski definition) is 0. The summed E-state index contributed by atoms with van der Waals surface area (Å²) in [6.07, 6.45) is 5.86. The SMILES string of the molecule is C=CC1C(=C)CCCC1(C)C. The van der Waals surface area contributed by atoms with Crippen molar-refractivity contribution >= 4 is 0 Å². The number of hydrogen-bond acceptors (Lipinski definition) is 0. The molecule has 1 fully saturated rings. The zero-order valence-corrected chi connectivity index (χ0v) is 7.69. The Bertz CT molecular complexity index is 174. The first kappa shape index (κ1) is 8.58. The van der Waals surface area contributed by atoms with Gasteiger partial charge in [0.05, 0.1) is 0 Å². The van der Waals surface area contributed by atoms with Gasteiger partial charge in [-0.15, -0.1) is 6.58 Å². The van der Waals surface area contributed by atoms with Crippen molar-refractivity contribution in [1.29, 1.82) is 0 Å². The molecule has 1 saturated carbocycles. The van der Waals surface area contributed by atoms with Crippen molar-refractivity contribution in [3.05, 3.63) is 24.8 Å². The summed E-state index contributed by atoms with van der Waals surface area (Å²) in [4.78, 5) is 0. The average molecular weight is 150 g/mol. The maximum atomic E-state index is 4.09. The van der Waals surface area contributed by atoms with E-state index in [1.807, 2.05) is 0 Å². The summed E-state index contributed by atoms with van der Waals surface area (Å²) in [7, 11) is 0.